The Morgan fingerprint density at radius 2 is 2.05 bits per heavy atom. The zero-order chi connectivity index (χ0) is 15.7. The van der Waals surface area contributed by atoms with Crippen molar-refractivity contribution >= 4 is 27.4 Å². The standard InChI is InChI=1S/C17H20N4S/c1-5-12-9-13-15(21-17(2,3)4)19-14(20-16(13)22-12)11-7-6-8-18-10-11/h6-10H,5H2,1-4H3,(H,19,20,21). The van der Waals surface area contributed by atoms with Crippen molar-refractivity contribution in [3.05, 3.63) is 35.5 Å². The first-order valence-corrected chi connectivity index (χ1v) is 8.27. The van der Waals surface area contributed by atoms with Gasteiger partial charge in [-0.1, -0.05) is 6.92 Å². The molecule has 0 aliphatic rings. The SMILES string of the molecule is CCc1cc2c(NC(C)(C)C)nc(-c3cccnc3)nc2s1. The Morgan fingerprint density at radius 3 is 2.68 bits per heavy atom. The van der Waals surface area contributed by atoms with Crippen LogP contribution in [0.2, 0.25) is 0 Å². The molecule has 1 N–H and O–H groups in total. The van der Waals surface area contributed by atoms with E-state index in [1.807, 2.05) is 12.1 Å². The smallest absolute Gasteiger partial charge is 0.164 e. The van der Waals surface area contributed by atoms with Crippen molar-refractivity contribution in [3.63, 3.8) is 0 Å². The van der Waals surface area contributed by atoms with Crippen LogP contribution in [0, 0.1) is 0 Å². The van der Waals surface area contributed by atoms with E-state index in [4.69, 9.17) is 9.97 Å². The largest absolute Gasteiger partial charge is 0.365 e. The van der Waals surface area contributed by atoms with Gasteiger partial charge in [-0.25, -0.2) is 9.97 Å². The van der Waals surface area contributed by atoms with Crippen molar-refractivity contribution < 1.29 is 0 Å². The number of hydrogen-bond donors (Lipinski definition) is 1. The van der Waals surface area contributed by atoms with E-state index >= 15 is 0 Å². The van der Waals surface area contributed by atoms with Crippen molar-refractivity contribution in [3.8, 4) is 11.4 Å². The molecular weight excluding hydrogens is 292 g/mol. The second-order valence-corrected chi connectivity index (χ2v) is 7.41. The van der Waals surface area contributed by atoms with Crippen LogP contribution in [-0.2, 0) is 6.42 Å². The van der Waals surface area contributed by atoms with E-state index in [1.54, 1.807) is 23.7 Å². The van der Waals surface area contributed by atoms with Crippen LogP contribution in [0.3, 0.4) is 0 Å². The van der Waals surface area contributed by atoms with Gasteiger partial charge in [0.25, 0.3) is 0 Å². The second kappa shape index (κ2) is 5.65. The molecule has 3 aromatic heterocycles. The molecule has 0 unspecified atom stereocenters. The Balaban J connectivity index is 2.19. The highest BCUT2D eigenvalue weighted by molar-refractivity contribution is 7.18. The number of hydrogen-bond acceptors (Lipinski definition) is 5. The van der Waals surface area contributed by atoms with Crippen molar-refractivity contribution in [2.75, 3.05) is 5.32 Å². The molecule has 3 aromatic rings. The Morgan fingerprint density at radius 1 is 1.23 bits per heavy atom. The summed E-state index contributed by atoms with van der Waals surface area (Å²) in [5.74, 6) is 1.61. The highest BCUT2D eigenvalue weighted by Gasteiger charge is 2.17. The summed E-state index contributed by atoms with van der Waals surface area (Å²) in [6.45, 7) is 8.57. The molecule has 0 aliphatic heterocycles. The third-order valence-electron chi connectivity index (χ3n) is 3.21. The summed E-state index contributed by atoms with van der Waals surface area (Å²) in [6, 6.07) is 6.09. The molecule has 0 fully saturated rings. The van der Waals surface area contributed by atoms with Gasteiger partial charge in [-0.2, -0.15) is 0 Å². The molecule has 22 heavy (non-hydrogen) atoms. The lowest BCUT2D eigenvalue weighted by atomic mass is 10.1. The fraction of sp³-hybridized carbons (Fsp3) is 0.353. The molecule has 0 amide bonds. The highest BCUT2D eigenvalue weighted by atomic mass is 32.1. The molecule has 3 rings (SSSR count). The number of aryl methyl sites for hydroxylation is 1. The predicted octanol–water partition coefficient (Wildman–Crippen LogP) is 4.53. The number of anilines is 1. The number of rotatable bonds is 3. The lowest BCUT2D eigenvalue weighted by Gasteiger charge is -2.22. The number of nitrogens with one attached hydrogen (secondary N) is 1. The van der Waals surface area contributed by atoms with E-state index in [9.17, 15) is 0 Å². The van der Waals surface area contributed by atoms with Gasteiger partial charge in [0.2, 0.25) is 0 Å². The molecule has 114 valence electrons. The van der Waals surface area contributed by atoms with E-state index in [2.05, 4.69) is 44.1 Å². The van der Waals surface area contributed by atoms with Crippen LogP contribution >= 0.6 is 11.3 Å². The summed E-state index contributed by atoms with van der Waals surface area (Å²) in [5, 5.41) is 4.61. The van der Waals surface area contributed by atoms with Crippen LogP contribution in [-0.4, -0.2) is 20.5 Å². The highest BCUT2D eigenvalue weighted by Crippen LogP contribution is 2.32. The lowest BCUT2D eigenvalue weighted by Crippen LogP contribution is -2.26. The molecule has 0 atom stereocenters. The number of pyridine rings is 1. The van der Waals surface area contributed by atoms with Crippen LogP contribution in [0.5, 0.6) is 0 Å². The van der Waals surface area contributed by atoms with Gasteiger partial charge in [-0.05, 0) is 45.4 Å². The number of nitrogens with zero attached hydrogens (tertiary/aromatic N) is 3. The van der Waals surface area contributed by atoms with Crippen molar-refractivity contribution in [2.24, 2.45) is 0 Å². The van der Waals surface area contributed by atoms with Gasteiger partial charge in [0, 0.05) is 28.4 Å². The van der Waals surface area contributed by atoms with Gasteiger partial charge in [-0.3, -0.25) is 4.98 Å². The lowest BCUT2D eigenvalue weighted by molar-refractivity contribution is 0.631. The van der Waals surface area contributed by atoms with Crippen LogP contribution in [0.25, 0.3) is 21.6 Å². The van der Waals surface area contributed by atoms with Gasteiger partial charge in [0.15, 0.2) is 5.82 Å². The molecule has 0 bridgehead atoms. The molecule has 5 heteroatoms. The number of thiophene rings is 1. The Hall–Kier alpha value is -2.01. The second-order valence-electron chi connectivity index (χ2n) is 6.30. The van der Waals surface area contributed by atoms with E-state index in [0.717, 1.165) is 33.8 Å². The normalized spacial score (nSPS) is 11.8. The zero-order valence-corrected chi connectivity index (χ0v) is 14.2. The molecule has 0 spiro atoms. The Labute approximate surface area is 134 Å². The van der Waals surface area contributed by atoms with E-state index in [1.165, 1.54) is 4.88 Å². The van der Waals surface area contributed by atoms with Crippen molar-refractivity contribution in [1.82, 2.24) is 15.0 Å². The molecule has 0 radical (unpaired) electrons. The number of fused-ring (bicyclic) bond motifs is 1. The third-order valence-corrected chi connectivity index (χ3v) is 4.38. The fourth-order valence-electron chi connectivity index (χ4n) is 2.22. The molecule has 0 aliphatic carbocycles. The first kappa shape index (κ1) is 14.9. The van der Waals surface area contributed by atoms with Gasteiger partial charge in [0.05, 0.1) is 5.39 Å². The minimum Gasteiger partial charge on any atom is -0.365 e. The summed E-state index contributed by atoms with van der Waals surface area (Å²) >= 11 is 1.73. The Bertz CT molecular complexity index is 788. The molecule has 0 saturated carbocycles. The summed E-state index contributed by atoms with van der Waals surface area (Å²) in [4.78, 5) is 16.0. The summed E-state index contributed by atoms with van der Waals surface area (Å²) < 4.78 is 0. The topological polar surface area (TPSA) is 50.7 Å². The van der Waals surface area contributed by atoms with Crippen LogP contribution in [0.15, 0.2) is 30.6 Å². The van der Waals surface area contributed by atoms with E-state index < -0.39 is 0 Å². The van der Waals surface area contributed by atoms with Crippen LogP contribution in [0.4, 0.5) is 5.82 Å². The van der Waals surface area contributed by atoms with Gasteiger partial charge >= 0.3 is 0 Å². The predicted molar refractivity (Wildman–Crippen MR) is 93.4 cm³/mol. The summed E-state index contributed by atoms with van der Waals surface area (Å²) in [6.07, 6.45) is 4.57. The molecule has 0 saturated heterocycles. The summed E-state index contributed by atoms with van der Waals surface area (Å²) in [5.41, 5.74) is 0.884. The summed E-state index contributed by atoms with van der Waals surface area (Å²) in [7, 11) is 0. The molecule has 4 nitrogen and oxygen atoms in total. The average Bonchev–Trinajstić information content (AvgIpc) is 2.90. The van der Waals surface area contributed by atoms with E-state index in [-0.39, 0.29) is 5.54 Å². The first-order valence-electron chi connectivity index (χ1n) is 7.45. The quantitative estimate of drug-likeness (QED) is 0.772. The van der Waals surface area contributed by atoms with Crippen molar-refractivity contribution in [2.45, 2.75) is 39.7 Å². The first-order chi connectivity index (χ1) is 10.5. The minimum absolute atomic E-state index is 0.0538. The zero-order valence-electron chi connectivity index (χ0n) is 13.3. The third kappa shape index (κ3) is 3.09. The maximum Gasteiger partial charge on any atom is 0.164 e. The molecule has 3 heterocycles. The van der Waals surface area contributed by atoms with Crippen molar-refractivity contribution in [1.29, 1.82) is 0 Å². The van der Waals surface area contributed by atoms with Crippen LogP contribution in [0.1, 0.15) is 32.6 Å². The monoisotopic (exact) mass is 312 g/mol. The molecule has 0 aromatic carbocycles. The fourth-order valence-corrected chi connectivity index (χ4v) is 3.19. The van der Waals surface area contributed by atoms with Gasteiger partial charge in [-0.15, -0.1) is 11.3 Å². The van der Waals surface area contributed by atoms with Gasteiger partial charge < -0.3 is 5.32 Å². The molecular formula is C17H20N4S. The van der Waals surface area contributed by atoms with E-state index in [0.29, 0.717) is 0 Å². The minimum atomic E-state index is -0.0538. The maximum absolute atomic E-state index is 4.75. The Kier molecular flexibility index (Phi) is 3.83. The average molecular weight is 312 g/mol. The van der Waals surface area contributed by atoms with Gasteiger partial charge in [0.1, 0.15) is 10.6 Å². The maximum atomic E-state index is 4.75. The van der Waals surface area contributed by atoms with Crippen LogP contribution < -0.4 is 5.32 Å². The number of aromatic nitrogens is 3.